The number of hydrogen-bond acceptors (Lipinski definition) is 4. The number of hydrogen-bond donors (Lipinski definition) is 2. The van der Waals surface area contributed by atoms with Crippen LogP contribution in [0.15, 0.2) is 17.2 Å². The van der Waals surface area contributed by atoms with Crippen molar-refractivity contribution < 1.29 is 0 Å². The fourth-order valence-corrected chi connectivity index (χ4v) is 2.12. The molecule has 2 N–H and O–H groups in total. The standard InChI is InChI=1S/C12H20N4O/c1-12(3-5-13-6-4-12)9-15-10-11(17)16(2)8-7-14-10/h7-8,13H,3-6,9H2,1-2H3,(H,14,15). The molecule has 1 aromatic heterocycles. The van der Waals surface area contributed by atoms with E-state index in [2.05, 4.69) is 22.5 Å². The Hall–Kier alpha value is -1.36. The fourth-order valence-electron chi connectivity index (χ4n) is 2.12. The highest BCUT2D eigenvalue weighted by molar-refractivity contribution is 5.31. The predicted octanol–water partition coefficient (Wildman–Crippen LogP) is 0.582. The van der Waals surface area contributed by atoms with Gasteiger partial charge in [-0.25, -0.2) is 4.98 Å². The largest absolute Gasteiger partial charge is 0.365 e. The van der Waals surface area contributed by atoms with Gasteiger partial charge in [-0.05, 0) is 31.3 Å². The Bertz CT molecular complexity index is 434. The van der Waals surface area contributed by atoms with E-state index >= 15 is 0 Å². The van der Waals surface area contributed by atoms with Crippen LogP contribution in [-0.2, 0) is 7.05 Å². The van der Waals surface area contributed by atoms with Crippen LogP contribution in [0.4, 0.5) is 5.82 Å². The monoisotopic (exact) mass is 236 g/mol. The topological polar surface area (TPSA) is 59.0 Å². The molecule has 2 rings (SSSR count). The smallest absolute Gasteiger partial charge is 0.293 e. The van der Waals surface area contributed by atoms with Gasteiger partial charge in [0, 0.05) is 26.0 Å². The van der Waals surface area contributed by atoms with Crippen molar-refractivity contribution >= 4 is 5.82 Å². The third-order valence-corrected chi connectivity index (χ3v) is 3.51. The van der Waals surface area contributed by atoms with Crippen molar-refractivity contribution in [3.8, 4) is 0 Å². The van der Waals surface area contributed by atoms with Gasteiger partial charge in [0.1, 0.15) is 0 Å². The molecule has 94 valence electrons. The van der Waals surface area contributed by atoms with Crippen LogP contribution in [-0.4, -0.2) is 29.2 Å². The summed E-state index contributed by atoms with van der Waals surface area (Å²) in [5.41, 5.74) is 0.193. The normalized spacial score (nSPS) is 18.9. The summed E-state index contributed by atoms with van der Waals surface area (Å²) < 4.78 is 1.54. The maximum atomic E-state index is 11.8. The van der Waals surface area contributed by atoms with E-state index in [1.165, 1.54) is 0 Å². The quantitative estimate of drug-likeness (QED) is 0.806. The van der Waals surface area contributed by atoms with E-state index < -0.39 is 0 Å². The Morgan fingerprint density at radius 3 is 2.94 bits per heavy atom. The molecule has 17 heavy (non-hydrogen) atoms. The van der Waals surface area contributed by atoms with Gasteiger partial charge in [-0.15, -0.1) is 0 Å². The zero-order valence-corrected chi connectivity index (χ0v) is 10.5. The zero-order valence-electron chi connectivity index (χ0n) is 10.5. The molecule has 0 aliphatic carbocycles. The van der Waals surface area contributed by atoms with Crippen molar-refractivity contribution in [1.82, 2.24) is 14.9 Å². The molecule has 1 aliphatic heterocycles. The molecule has 0 unspecified atom stereocenters. The second-order valence-electron chi connectivity index (χ2n) is 5.11. The maximum Gasteiger partial charge on any atom is 0.293 e. The first-order valence-corrected chi connectivity index (χ1v) is 6.07. The molecule has 5 nitrogen and oxygen atoms in total. The minimum atomic E-state index is -0.0648. The van der Waals surface area contributed by atoms with E-state index in [4.69, 9.17) is 0 Å². The van der Waals surface area contributed by atoms with Gasteiger partial charge in [0.25, 0.3) is 5.56 Å². The lowest BCUT2D eigenvalue weighted by atomic mass is 9.81. The second-order valence-corrected chi connectivity index (χ2v) is 5.11. The molecule has 1 fully saturated rings. The summed E-state index contributed by atoms with van der Waals surface area (Å²) in [5.74, 6) is 0.453. The molecule has 0 bridgehead atoms. The summed E-state index contributed by atoms with van der Waals surface area (Å²) in [5, 5.41) is 6.54. The molecule has 1 aliphatic rings. The second kappa shape index (κ2) is 4.87. The van der Waals surface area contributed by atoms with Crippen LogP contribution in [0.5, 0.6) is 0 Å². The van der Waals surface area contributed by atoms with Gasteiger partial charge >= 0.3 is 0 Å². The number of aryl methyl sites for hydroxylation is 1. The molecule has 0 amide bonds. The summed E-state index contributed by atoms with van der Waals surface area (Å²) in [6.07, 6.45) is 5.58. The van der Waals surface area contributed by atoms with Gasteiger partial charge in [-0.1, -0.05) is 6.92 Å². The highest BCUT2D eigenvalue weighted by Crippen LogP contribution is 2.27. The first-order chi connectivity index (χ1) is 8.11. The molecule has 2 heterocycles. The molecule has 1 aromatic rings. The molecule has 0 saturated carbocycles. The maximum absolute atomic E-state index is 11.8. The third-order valence-electron chi connectivity index (χ3n) is 3.51. The van der Waals surface area contributed by atoms with Crippen molar-refractivity contribution in [3.05, 3.63) is 22.7 Å². The Labute approximate surface area is 101 Å². The summed E-state index contributed by atoms with van der Waals surface area (Å²) >= 11 is 0. The van der Waals surface area contributed by atoms with Crippen molar-refractivity contribution in [2.75, 3.05) is 25.0 Å². The van der Waals surface area contributed by atoms with Crippen LogP contribution in [0.25, 0.3) is 0 Å². The number of rotatable bonds is 3. The van der Waals surface area contributed by atoms with Crippen LogP contribution in [0.3, 0.4) is 0 Å². The Balaban J connectivity index is 2.02. The number of nitrogens with one attached hydrogen (secondary N) is 2. The molecule has 0 spiro atoms. The van der Waals surface area contributed by atoms with Crippen LogP contribution in [0.1, 0.15) is 19.8 Å². The van der Waals surface area contributed by atoms with Gasteiger partial charge in [0.2, 0.25) is 0 Å². The highest BCUT2D eigenvalue weighted by atomic mass is 16.1. The van der Waals surface area contributed by atoms with E-state index in [0.29, 0.717) is 5.82 Å². The molecule has 0 radical (unpaired) electrons. The van der Waals surface area contributed by atoms with E-state index in [-0.39, 0.29) is 11.0 Å². The van der Waals surface area contributed by atoms with Crippen molar-refractivity contribution in [3.63, 3.8) is 0 Å². The van der Waals surface area contributed by atoms with E-state index in [1.807, 2.05) is 0 Å². The number of anilines is 1. The third kappa shape index (κ3) is 2.85. The Kier molecular flexibility index (Phi) is 3.47. The average molecular weight is 236 g/mol. The van der Waals surface area contributed by atoms with Crippen LogP contribution >= 0.6 is 0 Å². The molecular formula is C12H20N4O. The van der Waals surface area contributed by atoms with Crippen LogP contribution < -0.4 is 16.2 Å². The Morgan fingerprint density at radius 1 is 1.53 bits per heavy atom. The highest BCUT2D eigenvalue weighted by Gasteiger charge is 2.26. The van der Waals surface area contributed by atoms with Crippen molar-refractivity contribution in [2.24, 2.45) is 12.5 Å². The lowest BCUT2D eigenvalue weighted by Gasteiger charge is -2.34. The number of nitrogens with zero attached hydrogens (tertiary/aromatic N) is 2. The van der Waals surface area contributed by atoms with E-state index in [9.17, 15) is 4.79 Å². The summed E-state index contributed by atoms with van der Waals surface area (Å²) in [6.45, 7) is 5.17. The lowest BCUT2D eigenvalue weighted by molar-refractivity contribution is 0.247. The van der Waals surface area contributed by atoms with Gasteiger partial charge in [0.15, 0.2) is 5.82 Å². The molecule has 1 saturated heterocycles. The first kappa shape index (κ1) is 12.1. The fraction of sp³-hybridized carbons (Fsp3) is 0.667. The molecule has 0 aromatic carbocycles. The number of aromatic nitrogens is 2. The van der Waals surface area contributed by atoms with Crippen LogP contribution in [0, 0.1) is 5.41 Å². The minimum absolute atomic E-state index is 0.0648. The lowest BCUT2D eigenvalue weighted by Crippen LogP contribution is -2.39. The summed E-state index contributed by atoms with van der Waals surface area (Å²) in [6, 6.07) is 0. The van der Waals surface area contributed by atoms with E-state index in [0.717, 1.165) is 32.5 Å². The van der Waals surface area contributed by atoms with Crippen LogP contribution in [0.2, 0.25) is 0 Å². The SMILES string of the molecule is Cn1ccnc(NCC2(C)CCNCC2)c1=O. The summed E-state index contributed by atoms with van der Waals surface area (Å²) in [4.78, 5) is 15.9. The number of piperidine rings is 1. The molecule has 0 atom stereocenters. The van der Waals surface area contributed by atoms with Crippen molar-refractivity contribution in [1.29, 1.82) is 0 Å². The van der Waals surface area contributed by atoms with Crippen molar-refractivity contribution in [2.45, 2.75) is 19.8 Å². The summed E-state index contributed by atoms with van der Waals surface area (Å²) in [7, 11) is 1.74. The molecular weight excluding hydrogens is 216 g/mol. The van der Waals surface area contributed by atoms with Gasteiger partial charge in [0.05, 0.1) is 0 Å². The van der Waals surface area contributed by atoms with Gasteiger partial charge in [-0.2, -0.15) is 0 Å². The minimum Gasteiger partial charge on any atom is -0.365 e. The molecule has 5 heteroatoms. The Morgan fingerprint density at radius 2 is 2.24 bits per heavy atom. The predicted molar refractivity (Wildman–Crippen MR) is 68.2 cm³/mol. The first-order valence-electron chi connectivity index (χ1n) is 6.07. The van der Waals surface area contributed by atoms with E-state index in [1.54, 1.807) is 24.0 Å². The average Bonchev–Trinajstić information content (AvgIpc) is 2.32. The van der Waals surface area contributed by atoms with Gasteiger partial charge in [-0.3, -0.25) is 4.79 Å². The van der Waals surface area contributed by atoms with Gasteiger partial charge < -0.3 is 15.2 Å². The zero-order chi connectivity index (χ0) is 12.3.